The average molecular weight is 607 g/mol. The molecule has 1 aromatic heterocycles. The van der Waals surface area contributed by atoms with E-state index in [0.717, 1.165) is 39.6 Å². The lowest BCUT2D eigenvalue weighted by atomic mass is 10.1. The predicted octanol–water partition coefficient (Wildman–Crippen LogP) is 6.23. The van der Waals surface area contributed by atoms with Crippen molar-refractivity contribution in [1.82, 2.24) is 9.80 Å². The number of benzene rings is 2. The number of aryl methyl sites for hydroxylation is 1. The van der Waals surface area contributed by atoms with Gasteiger partial charge in [0.05, 0.1) is 26.3 Å². The number of nitrogens with zero attached hydrogens (tertiary/aromatic N) is 2. The topological polar surface area (TPSA) is 68.3 Å². The fourth-order valence-electron chi connectivity index (χ4n) is 4.35. The number of halogens is 3. The summed E-state index contributed by atoms with van der Waals surface area (Å²) in [6, 6.07) is 13.6. The lowest BCUT2D eigenvalue weighted by Crippen LogP contribution is -2.44. The lowest BCUT2D eigenvalue weighted by molar-refractivity contribution is -0.137. The van der Waals surface area contributed by atoms with Crippen molar-refractivity contribution < 1.29 is 37.0 Å². The van der Waals surface area contributed by atoms with E-state index in [2.05, 4.69) is 0 Å². The molecule has 0 spiro atoms. The first-order valence-corrected chi connectivity index (χ1v) is 14.5. The van der Waals surface area contributed by atoms with Crippen LogP contribution in [-0.4, -0.2) is 68.7 Å². The number of amides is 2. The van der Waals surface area contributed by atoms with Gasteiger partial charge in [0, 0.05) is 41.6 Å². The summed E-state index contributed by atoms with van der Waals surface area (Å²) in [7, 11) is 3.12. The molecule has 0 saturated carbocycles. The highest BCUT2D eigenvalue weighted by atomic mass is 32.1. The maximum Gasteiger partial charge on any atom is 0.416 e. The van der Waals surface area contributed by atoms with E-state index >= 15 is 0 Å². The van der Waals surface area contributed by atoms with Gasteiger partial charge in [-0.3, -0.25) is 9.59 Å². The lowest BCUT2D eigenvalue weighted by Gasteiger charge is -2.28. The molecule has 3 aromatic rings. The second kappa shape index (κ2) is 15.6. The van der Waals surface area contributed by atoms with Crippen LogP contribution in [0.1, 0.15) is 44.6 Å². The molecule has 228 valence electrons. The van der Waals surface area contributed by atoms with Gasteiger partial charge in [-0.15, -0.1) is 11.3 Å². The van der Waals surface area contributed by atoms with Crippen molar-refractivity contribution in [3.63, 3.8) is 0 Å². The quantitative estimate of drug-likeness (QED) is 0.192. The Bertz CT molecular complexity index is 1310. The number of rotatable bonds is 15. The molecule has 1 heterocycles. The van der Waals surface area contributed by atoms with Gasteiger partial charge in [0.1, 0.15) is 6.54 Å². The van der Waals surface area contributed by atoms with E-state index in [1.54, 1.807) is 30.5 Å². The van der Waals surface area contributed by atoms with Crippen LogP contribution in [-0.2, 0) is 28.7 Å². The van der Waals surface area contributed by atoms with E-state index in [1.165, 1.54) is 4.90 Å². The fraction of sp³-hybridized carbons (Fsp3) is 0.419. The number of alkyl halides is 3. The summed E-state index contributed by atoms with van der Waals surface area (Å²) in [6.07, 6.45) is -3.50. The van der Waals surface area contributed by atoms with Crippen molar-refractivity contribution >= 4 is 23.2 Å². The third kappa shape index (κ3) is 9.49. The Balaban J connectivity index is 1.81. The van der Waals surface area contributed by atoms with Gasteiger partial charge >= 0.3 is 6.18 Å². The van der Waals surface area contributed by atoms with Gasteiger partial charge in [0.15, 0.2) is 11.5 Å². The third-order valence-corrected chi connectivity index (χ3v) is 7.59. The molecule has 3 rings (SSSR count). The van der Waals surface area contributed by atoms with Crippen LogP contribution in [0.25, 0.3) is 0 Å². The molecule has 2 aromatic carbocycles. The Morgan fingerprint density at radius 1 is 0.905 bits per heavy atom. The summed E-state index contributed by atoms with van der Waals surface area (Å²) in [5.74, 6) is 0.413. The first-order chi connectivity index (χ1) is 20.0. The second-order valence-corrected chi connectivity index (χ2v) is 11.0. The minimum atomic E-state index is -4.51. The second-order valence-electron chi connectivity index (χ2n) is 9.62. The summed E-state index contributed by atoms with van der Waals surface area (Å²) in [5.41, 5.74) is 0.186. The van der Waals surface area contributed by atoms with Gasteiger partial charge in [0.25, 0.3) is 5.91 Å². The fourth-order valence-corrected chi connectivity index (χ4v) is 5.26. The standard InChI is InChI=1S/C31H37F3N2O5S/c1-5-41-18-6-16-36(30(38)24-9-11-25(12-10-24)31(32,33)34)21-29(37)35(20-26-13-7-22(2)42-26)17-15-23-8-14-27(39-3)28(19-23)40-4/h7-14,19H,5-6,15-18,20-21H2,1-4H3. The largest absolute Gasteiger partial charge is 0.493 e. The SMILES string of the molecule is CCOCCCN(CC(=O)N(CCc1ccc(OC)c(OC)c1)Cc1ccc(C)s1)C(=O)c1ccc(C(F)(F)F)cc1. The van der Waals surface area contributed by atoms with Crippen molar-refractivity contribution in [3.8, 4) is 11.5 Å². The number of carbonyl (C=O) groups is 2. The zero-order valence-corrected chi connectivity index (χ0v) is 25.1. The van der Waals surface area contributed by atoms with E-state index in [1.807, 2.05) is 44.2 Å². The molecule has 7 nitrogen and oxygen atoms in total. The maximum absolute atomic E-state index is 13.7. The Morgan fingerprint density at radius 2 is 1.62 bits per heavy atom. The predicted molar refractivity (Wildman–Crippen MR) is 156 cm³/mol. The zero-order valence-electron chi connectivity index (χ0n) is 24.3. The molecule has 0 N–H and O–H groups in total. The van der Waals surface area contributed by atoms with Gasteiger partial charge in [-0.2, -0.15) is 13.2 Å². The first-order valence-electron chi connectivity index (χ1n) is 13.6. The van der Waals surface area contributed by atoms with Crippen LogP contribution in [0.2, 0.25) is 0 Å². The molecule has 0 atom stereocenters. The van der Waals surface area contributed by atoms with E-state index in [4.69, 9.17) is 14.2 Å². The van der Waals surface area contributed by atoms with Gasteiger partial charge in [0.2, 0.25) is 5.91 Å². The number of methoxy groups -OCH3 is 2. The number of hydrogen-bond donors (Lipinski definition) is 0. The van der Waals surface area contributed by atoms with Crippen molar-refractivity contribution in [2.75, 3.05) is 47.1 Å². The highest BCUT2D eigenvalue weighted by Gasteiger charge is 2.31. The number of carbonyl (C=O) groups excluding carboxylic acids is 2. The van der Waals surface area contributed by atoms with Crippen molar-refractivity contribution in [1.29, 1.82) is 0 Å². The molecular formula is C31H37F3N2O5S. The summed E-state index contributed by atoms with van der Waals surface area (Å²) in [4.78, 5) is 32.4. The monoisotopic (exact) mass is 606 g/mol. The van der Waals surface area contributed by atoms with Gasteiger partial charge in [-0.1, -0.05) is 6.07 Å². The number of ether oxygens (including phenoxy) is 3. The van der Waals surface area contributed by atoms with Crippen LogP contribution < -0.4 is 9.47 Å². The van der Waals surface area contributed by atoms with Gasteiger partial charge in [-0.05, 0) is 80.8 Å². The molecule has 0 unspecified atom stereocenters. The highest BCUT2D eigenvalue weighted by Crippen LogP contribution is 2.30. The average Bonchev–Trinajstić information content (AvgIpc) is 3.40. The Labute approximate surface area is 248 Å². The van der Waals surface area contributed by atoms with Crippen molar-refractivity contribution in [2.45, 2.75) is 39.4 Å². The van der Waals surface area contributed by atoms with E-state index < -0.39 is 17.6 Å². The summed E-state index contributed by atoms with van der Waals surface area (Å²) in [6.45, 7) is 5.49. The molecule has 0 fully saturated rings. The van der Waals surface area contributed by atoms with E-state index in [-0.39, 0.29) is 24.6 Å². The molecule has 2 amide bonds. The molecule has 0 aliphatic carbocycles. The Hall–Kier alpha value is -3.57. The Morgan fingerprint density at radius 3 is 2.21 bits per heavy atom. The van der Waals surface area contributed by atoms with Gasteiger partial charge < -0.3 is 24.0 Å². The van der Waals surface area contributed by atoms with Crippen LogP contribution in [0, 0.1) is 6.92 Å². The summed E-state index contributed by atoms with van der Waals surface area (Å²) < 4.78 is 55.3. The first kappa shape index (κ1) is 32.9. The van der Waals surface area contributed by atoms with Crippen LogP contribution in [0.15, 0.2) is 54.6 Å². The maximum atomic E-state index is 13.7. The van der Waals surface area contributed by atoms with Crippen LogP contribution in [0.4, 0.5) is 13.2 Å². The Kier molecular flexibility index (Phi) is 12.2. The smallest absolute Gasteiger partial charge is 0.416 e. The van der Waals surface area contributed by atoms with E-state index in [0.29, 0.717) is 50.6 Å². The summed E-state index contributed by atoms with van der Waals surface area (Å²) in [5, 5.41) is 0. The number of hydrogen-bond acceptors (Lipinski definition) is 6. The van der Waals surface area contributed by atoms with E-state index in [9.17, 15) is 22.8 Å². The van der Waals surface area contributed by atoms with Crippen molar-refractivity contribution in [2.24, 2.45) is 0 Å². The third-order valence-electron chi connectivity index (χ3n) is 6.61. The molecule has 0 bridgehead atoms. The highest BCUT2D eigenvalue weighted by molar-refractivity contribution is 7.11. The van der Waals surface area contributed by atoms with Crippen LogP contribution in [0.5, 0.6) is 11.5 Å². The van der Waals surface area contributed by atoms with Crippen molar-refractivity contribution in [3.05, 3.63) is 81.0 Å². The van der Waals surface area contributed by atoms with Gasteiger partial charge in [-0.25, -0.2) is 0 Å². The number of thiophene rings is 1. The minimum Gasteiger partial charge on any atom is -0.493 e. The summed E-state index contributed by atoms with van der Waals surface area (Å²) >= 11 is 1.59. The molecule has 0 aliphatic heterocycles. The molecule has 11 heteroatoms. The molecule has 0 saturated heterocycles. The molecule has 0 aliphatic rings. The molecular weight excluding hydrogens is 569 g/mol. The zero-order chi connectivity index (χ0) is 30.7. The minimum absolute atomic E-state index is 0.0815. The van der Waals surface area contributed by atoms with Crippen LogP contribution in [0.3, 0.4) is 0 Å². The molecule has 0 radical (unpaired) electrons. The normalized spacial score (nSPS) is 11.3. The molecule has 42 heavy (non-hydrogen) atoms. The van der Waals surface area contributed by atoms with Crippen LogP contribution >= 0.6 is 11.3 Å².